The maximum absolute atomic E-state index is 12.3. The Morgan fingerprint density at radius 3 is 2.76 bits per heavy atom. The summed E-state index contributed by atoms with van der Waals surface area (Å²) >= 11 is 0. The fourth-order valence-corrected chi connectivity index (χ4v) is 2.59. The molecule has 1 atom stereocenters. The van der Waals surface area contributed by atoms with Gasteiger partial charge < -0.3 is 10.1 Å². The minimum absolute atomic E-state index is 0.284. The largest absolute Gasteiger partial charge is 0.458 e. The third-order valence-electron chi connectivity index (χ3n) is 3.39. The number of esters is 1. The summed E-state index contributed by atoms with van der Waals surface area (Å²) in [7, 11) is 0. The van der Waals surface area contributed by atoms with E-state index in [-0.39, 0.29) is 6.03 Å². The number of carbonyl (C=O) groups excluding carboxylic acids is 2. The molecule has 0 fully saturated rings. The Bertz CT molecular complexity index is 725. The van der Waals surface area contributed by atoms with Crippen molar-refractivity contribution in [3.63, 3.8) is 0 Å². The van der Waals surface area contributed by atoms with Crippen LogP contribution in [0.2, 0.25) is 0 Å². The van der Waals surface area contributed by atoms with Gasteiger partial charge in [-0.1, -0.05) is 18.2 Å². The van der Waals surface area contributed by atoms with E-state index < -0.39 is 17.6 Å². The van der Waals surface area contributed by atoms with Gasteiger partial charge in [-0.15, -0.1) is 0 Å². The van der Waals surface area contributed by atoms with Gasteiger partial charge in [0, 0.05) is 17.5 Å². The predicted octanol–water partition coefficient (Wildman–Crippen LogP) is 2.47. The highest BCUT2D eigenvalue weighted by Gasteiger charge is 2.33. The molecule has 1 amide bonds. The van der Waals surface area contributed by atoms with Gasteiger partial charge in [0.1, 0.15) is 11.6 Å². The number of benzene rings is 1. The van der Waals surface area contributed by atoms with E-state index in [2.05, 4.69) is 5.32 Å². The van der Waals surface area contributed by atoms with Crippen LogP contribution in [0.5, 0.6) is 0 Å². The standard InChI is InChI=1S/C16H18N2O3/c1-16(2,3)21-14(19)12-9-11-8-10-6-4-5-7-13(10)18(11)15(20)17-12/h4-8,12H,9H2,1-3H3,(H,17,20). The molecule has 0 radical (unpaired) electrons. The minimum atomic E-state index is -0.631. The molecule has 1 aromatic carbocycles. The van der Waals surface area contributed by atoms with Crippen molar-refractivity contribution in [3.8, 4) is 0 Å². The summed E-state index contributed by atoms with van der Waals surface area (Å²) in [6.45, 7) is 5.44. The molecule has 1 N–H and O–H groups in total. The van der Waals surface area contributed by atoms with Gasteiger partial charge in [-0.3, -0.25) is 4.57 Å². The predicted molar refractivity (Wildman–Crippen MR) is 79.2 cm³/mol. The fourth-order valence-electron chi connectivity index (χ4n) is 2.59. The number of hydrogen-bond donors (Lipinski definition) is 1. The normalized spacial score (nSPS) is 18.2. The number of fused-ring (bicyclic) bond motifs is 3. The summed E-state index contributed by atoms with van der Waals surface area (Å²) in [6.07, 6.45) is 0.440. The molecule has 2 aromatic rings. The van der Waals surface area contributed by atoms with E-state index in [0.29, 0.717) is 6.42 Å². The first-order chi connectivity index (χ1) is 9.85. The number of carbonyl (C=O) groups is 2. The molecular formula is C16H18N2O3. The van der Waals surface area contributed by atoms with E-state index in [1.165, 1.54) is 0 Å². The monoisotopic (exact) mass is 286 g/mol. The Morgan fingerprint density at radius 1 is 1.33 bits per heavy atom. The Hall–Kier alpha value is -2.30. The van der Waals surface area contributed by atoms with Crippen molar-refractivity contribution in [1.29, 1.82) is 0 Å². The van der Waals surface area contributed by atoms with Gasteiger partial charge in [0.05, 0.1) is 5.52 Å². The molecule has 0 bridgehead atoms. The third kappa shape index (κ3) is 2.51. The van der Waals surface area contributed by atoms with Crippen LogP contribution < -0.4 is 5.32 Å². The van der Waals surface area contributed by atoms with E-state index in [9.17, 15) is 9.59 Å². The van der Waals surface area contributed by atoms with Gasteiger partial charge in [-0.25, -0.2) is 9.59 Å². The highest BCUT2D eigenvalue weighted by atomic mass is 16.6. The summed E-state index contributed by atoms with van der Waals surface area (Å²) < 4.78 is 6.97. The smallest absolute Gasteiger partial charge is 0.329 e. The van der Waals surface area contributed by atoms with Crippen LogP contribution in [0.3, 0.4) is 0 Å². The number of nitrogens with one attached hydrogen (secondary N) is 1. The Balaban J connectivity index is 1.93. The Kier molecular flexibility index (Phi) is 3.01. The molecule has 0 spiro atoms. The second kappa shape index (κ2) is 4.62. The number of amides is 1. The van der Waals surface area contributed by atoms with Crippen molar-refractivity contribution in [2.24, 2.45) is 0 Å². The van der Waals surface area contributed by atoms with Crippen LogP contribution in [-0.2, 0) is 16.0 Å². The Morgan fingerprint density at radius 2 is 2.05 bits per heavy atom. The number of aromatic nitrogens is 1. The zero-order chi connectivity index (χ0) is 15.2. The van der Waals surface area contributed by atoms with Crippen molar-refractivity contribution in [2.75, 3.05) is 0 Å². The zero-order valence-corrected chi connectivity index (χ0v) is 12.3. The molecule has 5 nitrogen and oxygen atoms in total. The van der Waals surface area contributed by atoms with E-state index in [0.717, 1.165) is 16.6 Å². The second-order valence-electron chi connectivity index (χ2n) is 6.27. The average molecular weight is 286 g/mol. The zero-order valence-electron chi connectivity index (χ0n) is 12.3. The van der Waals surface area contributed by atoms with Crippen molar-refractivity contribution < 1.29 is 14.3 Å². The van der Waals surface area contributed by atoms with E-state index >= 15 is 0 Å². The van der Waals surface area contributed by atoms with Crippen LogP contribution >= 0.6 is 0 Å². The van der Waals surface area contributed by atoms with Gasteiger partial charge in [0.15, 0.2) is 0 Å². The molecule has 0 saturated carbocycles. The van der Waals surface area contributed by atoms with Crippen LogP contribution in [0.4, 0.5) is 4.79 Å². The van der Waals surface area contributed by atoms with Gasteiger partial charge in [-0.05, 0) is 32.9 Å². The van der Waals surface area contributed by atoms with Crippen molar-refractivity contribution in [1.82, 2.24) is 9.88 Å². The van der Waals surface area contributed by atoms with Crippen molar-refractivity contribution >= 4 is 22.9 Å². The first-order valence-electron chi connectivity index (χ1n) is 6.98. The lowest BCUT2D eigenvalue weighted by Gasteiger charge is -2.27. The fraction of sp³-hybridized carbons (Fsp3) is 0.375. The summed E-state index contributed by atoms with van der Waals surface area (Å²) in [4.78, 5) is 24.4. The number of hydrogen-bond acceptors (Lipinski definition) is 3. The van der Waals surface area contributed by atoms with Crippen molar-refractivity contribution in [2.45, 2.75) is 38.8 Å². The van der Waals surface area contributed by atoms with E-state index in [1.54, 1.807) is 4.57 Å². The third-order valence-corrected chi connectivity index (χ3v) is 3.39. The molecule has 110 valence electrons. The van der Waals surface area contributed by atoms with E-state index in [1.807, 2.05) is 51.1 Å². The summed E-state index contributed by atoms with van der Waals surface area (Å²) in [5.74, 6) is -0.396. The number of para-hydroxylation sites is 1. The van der Waals surface area contributed by atoms with Gasteiger partial charge >= 0.3 is 12.0 Å². The molecule has 2 heterocycles. The van der Waals surface area contributed by atoms with Gasteiger partial charge in [0.25, 0.3) is 0 Å². The first kappa shape index (κ1) is 13.7. The lowest BCUT2D eigenvalue weighted by atomic mass is 10.1. The lowest BCUT2D eigenvalue weighted by molar-refractivity contribution is -0.157. The summed E-state index contributed by atoms with van der Waals surface area (Å²) in [5.41, 5.74) is 1.12. The van der Waals surface area contributed by atoms with Crippen LogP contribution in [0.15, 0.2) is 30.3 Å². The van der Waals surface area contributed by atoms with Gasteiger partial charge in [0.2, 0.25) is 0 Å². The molecule has 1 aliphatic heterocycles. The number of ether oxygens (including phenoxy) is 1. The van der Waals surface area contributed by atoms with Gasteiger partial charge in [-0.2, -0.15) is 0 Å². The maximum atomic E-state index is 12.3. The topological polar surface area (TPSA) is 60.3 Å². The molecule has 21 heavy (non-hydrogen) atoms. The van der Waals surface area contributed by atoms with Crippen LogP contribution in [0.25, 0.3) is 10.9 Å². The molecule has 1 aliphatic rings. The molecular weight excluding hydrogens is 268 g/mol. The molecule has 0 aliphatic carbocycles. The van der Waals surface area contributed by atoms with E-state index in [4.69, 9.17) is 4.74 Å². The highest BCUT2D eigenvalue weighted by Crippen LogP contribution is 2.24. The van der Waals surface area contributed by atoms with Crippen LogP contribution in [0.1, 0.15) is 26.5 Å². The summed E-state index contributed by atoms with van der Waals surface area (Å²) in [6, 6.07) is 8.70. The Labute approximate surface area is 122 Å². The molecule has 0 saturated heterocycles. The first-order valence-corrected chi connectivity index (χ1v) is 6.98. The van der Waals surface area contributed by atoms with Crippen LogP contribution in [-0.4, -0.2) is 28.2 Å². The van der Waals surface area contributed by atoms with Crippen molar-refractivity contribution in [3.05, 3.63) is 36.0 Å². The molecule has 1 unspecified atom stereocenters. The SMILES string of the molecule is CC(C)(C)OC(=O)C1Cc2cc3ccccc3n2C(=O)N1. The quantitative estimate of drug-likeness (QED) is 0.819. The highest BCUT2D eigenvalue weighted by molar-refractivity contribution is 5.96. The molecule has 1 aromatic heterocycles. The summed E-state index contributed by atoms with van der Waals surface area (Å²) in [5, 5.41) is 3.72. The maximum Gasteiger partial charge on any atom is 0.329 e. The van der Waals surface area contributed by atoms with Crippen LogP contribution in [0, 0.1) is 0 Å². The molecule has 5 heteroatoms. The molecule has 3 rings (SSSR count). The lowest BCUT2D eigenvalue weighted by Crippen LogP contribution is -2.50. The minimum Gasteiger partial charge on any atom is -0.458 e. The number of nitrogens with zero attached hydrogens (tertiary/aromatic N) is 1. The second-order valence-corrected chi connectivity index (χ2v) is 6.27. The average Bonchev–Trinajstić information content (AvgIpc) is 2.75. The number of rotatable bonds is 1.